The lowest BCUT2D eigenvalue weighted by molar-refractivity contribution is 0.112. The van der Waals surface area contributed by atoms with Crippen LogP contribution in [0.2, 0.25) is 0 Å². The first-order valence-corrected chi connectivity index (χ1v) is 6.05. The van der Waals surface area contributed by atoms with Gasteiger partial charge in [-0.25, -0.2) is 0 Å². The minimum absolute atomic E-state index is 0.314. The predicted octanol–water partition coefficient (Wildman–Crippen LogP) is 2.91. The first-order valence-electron chi connectivity index (χ1n) is 6.05. The Morgan fingerprint density at radius 3 is 2.47 bits per heavy atom. The van der Waals surface area contributed by atoms with Gasteiger partial charge in [-0.2, -0.15) is 0 Å². The highest BCUT2D eigenvalue weighted by Crippen LogP contribution is 2.25. The maximum Gasteiger partial charge on any atom is 0.153 e. The molecule has 0 spiro atoms. The molecule has 0 aliphatic carbocycles. The van der Waals surface area contributed by atoms with Crippen LogP contribution in [0.3, 0.4) is 0 Å². The molecule has 17 heavy (non-hydrogen) atoms. The van der Waals surface area contributed by atoms with Crippen molar-refractivity contribution in [1.82, 2.24) is 4.90 Å². The fraction of sp³-hybridized carbons (Fsp3) is 0.500. The Balaban J connectivity index is 3.02. The van der Waals surface area contributed by atoms with Gasteiger partial charge in [0, 0.05) is 6.04 Å². The van der Waals surface area contributed by atoms with Crippen LogP contribution in [0.15, 0.2) is 18.2 Å². The number of aldehydes is 1. The molecule has 0 amide bonds. The largest absolute Gasteiger partial charge is 0.496 e. The molecule has 94 valence electrons. The lowest BCUT2D eigenvalue weighted by Gasteiger charge is -2.27. The molecule has 1 aromatic carbocycles. The van der Waals surface area contributed by atoms with E-state index in [4.69, 9.17) is 4.74 Å². The van der Waals surface area contributed by atoms with E-state index in [0.29, 0.717) is 17.4 Å². The van der Waals surface area contributed by atoms with Gasteiger partial charge >= 0.3 is 0 Å². The number of carbonyl (C=O) groups excluding carboxylic acids is 1. The molecule has 0 N–H and O–H groups in total. The van der Waals surface area contributed by atoms with E-state index in [1.54, 1.807) is 7.11 Å². The minimum Gasteiger partial charge on any atom is -0.496 e. The first-order chi connectivity index (χ1) is 8.17. The van der Waals surface area contributed by atoms with Crippen LogP contribution < -0.4 is 4.74 Å². The molecular weight excluding hydrogens is 214 g/mol. The molecule has 0 bridgehead atoms. The second-order valence-corrected chi connectivity index (χ2v) is 4.02. The normalized spacial score (nSPS) is 12.5. The Bertz CT molecular complexity index is 372. The fourth-order valence-corrected chi connectivity index (χ4v) is 2.09. The molecule has 0 aromatic heterocycles. The Morgan fingerprint density at radius 2 is 2.00 bits per heavy atom. The molecular formula is C14H21NO2. The van der Waals surface area contributed by atoms with Gasteiger partial charge in [-0.15, -0.1) is 0 Å². The summed E-state index contributed by atoms with van der Waals surface area (Å²) in [6.07, 6.45) is 0.845. The van der Waals surface area contributed by atoms with Crippen LogP contribution in [-0.2, 0) is 0 Å². The third kappa shape index (κ3) is 3.07. The summed E-state index contributed by atoms with van der Waals surface area (Å²) in [4.78, 5) is 13.3. The highest BCUT2D eigenvalue weighted by atomic mass is 16.5. The van der Waals surface area contributed by atoms with E-state index < -0.39 is 0 Å². The average molecular weight is 235 g/mol. The van der Waals surface area contributed by atoms with Crippen LogP contribution in [0, 0.1) is 0 Å². The van der Waals surface area contributed by atoms with Crippen molar-refractivity contribution in [3.63, 3.8) is 0 Å². The summed E-state index contributed by atoms with van der Waals surface area (Å²) in [6, 6.07) is 6.11. The van der Waals surface area contributed by atoms with Crippen molar-refractivity contribution in [1.29, 1.82) is 0 Å². The Labute approximate surface area is 103 Å². The third-order valence-electron chi connectivity index (χ3n) is 3.22. The molecule has 1 rings (SSSR count). The Hall–Kier alpha value is -1.35. The van der Waals surface area contributed by atoms with Gasteiger partial charge in [-0.1, -0.05) is 19.9 Å². The molecule has 0 aliphatic heterocycles. The zero-order valence-electron chi connectivity index (χ0n) is 11.1. The topological polar surface area (TPSA) is 29.5 Å². The smallest absolute Gasteiger partial charge is 0.153 e. The number of ether oxygens (including phenoxy) is 1. The van der Waals surface area contributed by atoms with E-state index in [1.807, 2.05) is 18.2 Å². The van der Waals surface area contributed by atoms with Crippen LogP contribution in [0.5, 0.6) is 5.75 Å². The van der Waals surface area contributed by atoms with Crippen molar-refractivity contribution in [2.45, 2.75) is 26.8 Å². The lowest BCUT2D eigenvalue weighted by atomic mass is 10.0. The summed E-state index contributed by atoms with van der Waals surface area (Å²) in [5.74, 6) is 0.635. The molecule has 0 radical (unpaired) electrons. The van der Waals surface area contributed by atoms with E-state index in [9.17, 15) is 4.79 Å². The summed E-state index contributed by atoms with van der Waals surface area (Å²) >= 11 is 0. The molecule has 1 unspecified atom stereocenters. The number of carbonyl (C=O) groups is 1. The van der Waals surface area contributed by atoms with Crippen LogP contribution in [-0.4, -0.2) is 31.4 Å². The highest BCUT2D eigenvalue weighted by Gasteiger charge is 2.14. The first kappa shape index (κ1) is 13.7. The van der Waals surface area contributed by atoms with E-state index in [-0.39, 0.29) is 0 Å². The van der Waals surface area contributed by atoms with Crippen LogP contribution >= 0.6 is 0 Å². The van der Waals surface area contributed by atoms with Gasteiger partial charge in [0.25, 0.3) is 0 Å². The zero-order valence-corrected chi connectivity index (χ0v) is 11.1. The predicted molar refractivity (Wildman–Crippen MR) is 69.7 cm³/mol. The SMILES string of the molecule is CCN(CC)C(C)c1ccc(OC)c(C=O)c1. The van der Waals surface area contributed by atoms with Crippen molar-refractivity contribution >= 4 is 6.29 Å². The number of nitrogens with zero attached hydrogens (tertiary/aromatic N) is 1. The Morgan fingerprint density at radius 1 is 1.35 bits per heavy atom. The van der Waals surface area contributed by atoms with E-state index in [0.717, 1.165) is 24.9 Å². The van der Waals surface area contributed by atoms with Crippen molar-refractivity contribution < 1.29 is 9.53 Å². The van der Waals surface area contributed by atoms with E-state index in [1.165, 1.54) is 0 Å². The monoisotopic (exact) mass is 235 g/mol. The van der Waals surface area contributed by atoms with E-state index in [2.05, 4.69) is 25.7 Å². The third-order valence-corrected chi connectivity index (χ3v) is 3.22. The summed E-state index contributed by atoms with van der Waals surface area (Å²) in [5.41, 5.74) is 1.76. The minimum atomic E-state index is 0.314. The highest BCUT2D eigenvalue weighted by molar-refractivity contribution is 5.79. The Kier molecular flexibility index (Phi) is 5.16. The molecule has 0 fully saturated rings. The fourth-order valence-electron chi connectivity index (χ4n) is 2.09. The second kappa shape index (κ2) is 6.40. The van der Waals surface area contributed by atoms with Crippen LogP contribution in [0.4, 0.5) is 0 Å². The standard InChI is InChI=1S/C14H21NO2/c1-5-15(6-2)11(3)12-7-8-14(17-4)13(9-12)10-16/h7-11H,5-6H2,1-4H3. The molecule has 3 heteroatoms. The quantitative estimate of drug-likeness (QED) is 0.710. The van der Waals surface area contributed by atoms with E-state index >= 15 is 0 Å². The van der Waals surface area contributed by atoms with Crippen molar-refractivity contribution in [2.75, 3.05) is 20.2 Å². The number of rotatable bonds is 6. The molecule has 0 saturated heterocycles. The van der Waals surface area contributed by atoms with Crippen LogP contribution in [0.1, 0.15) is 42.7 Å². The van der Waals surface area contributed by atoms with Crippen LogP contribution in [0.25, 0.3) is 0 Å². The van der Waals surface area contributed by atoms with Crippen molar-refractivity contribution in [2.24, 2.45) is 0 Å². The van der Waals surface area contributed by atoms with Gasteiger partial charge in [0.15, 0.2) is 6.29 Å². The molecule has 1 aromatic rings. The summed E-state index contributed by atoms with van der Waals surface area (Å²) in [6.45, 7) is 8.44. The molecule has 0 heterocycles. The summed E-state index contributed by atoms with van der Waals surface area (Å²) in [7, 11) is 1.58. The molecule has 1 atom stereocenters. The summed E-state index contributed by atoms with van der Waals surface area (Å²) in [5, 5.41) is 0. The second-order valence-electron chi connectivity index (χ2n) is 4.02. The number of methoxy groups -OCH3 is 1. The maximum atomic E-state index is 11.0. The van der Waals surface area contributed by atoms with Gasteiger partial charge in [0.05, 0.1) is 12.7 Å². The van der Waals surface area contributed by atoms with Crippen molar-refractivity contribution in [3.05, 3.63) is 29.3 Å². The lowest BCUT2D eigenvalue weighted by Crippen LogP contribution is -2.26. The number of hydrogen-bond acceptors (Lipinski definition) is 3. The number of benzene rings is 1. The zero-order chi connectivity index (χ0) is 12.8. The summed E-state index contributed by atoms with van der Waals surface area (Å²) < 4.78 is 5.14. The molecule has 0 saturated carbocycles. The molecule has 0 aliphatic rings. The van der Waals surface area contributed by atoms with Gasteiger partial charge in [0.1, 0.15) is 5.75 Å². The van der Waals surface area contributed by atoms with Crippen molar-refractivity contribution in [3.8, 4) is 5.75 Å². The molecule has 3 nitrogen and oxygen atoms in total. The van der Waals surface area contributed by atoms with Gasteiger partial charge in [-0.3, -0.25) is 9.69 Å². The van der Waals surface area contributed by atoms with Gasteiger partial charge in [-0.05, 0) is 37.7 Å². The number of hydrogen-bond donors (Lipinski definition) is 0. The van der Waals surface area contributed by atoms with Gasteiger partial charge in [0.2, 0.25) is 0 Å². The van der Waals surface area contributed by atoms with Gasteiger partial charge < -0.3 is 4.74 Å². The maximum absolute atomic E-state index is 11.0. The average Bonchev–Trinajstić information content (AvgIpc) is 2.39.